The molecule has 0 saturated carbocycles. The summed E-state index contributed by atoms with van der Waals surface area (Å²) in [6.45, 7) is 7.01. The van der Waals surface area contributed by atoms with Crippen LogP contribution in [0.4, 0.5) is 0 Å². The van der Waals surface area contributed by atoms with E-state index >= 15 is 0 Å². The van der Waals surface area contributed by atoms with Gasteiger partial charge in [-0.25, -0.2) is 4.79 Å². The maximum atomic E-state index is 10.6. The molecule has 0 aliphatic heterocycles. The summed E-state index contributed by atoms with van der Waals surface area (Å²) < 4.78 is 4.91. The largest absolute Gasteiger partial charge is 0.476 e. The molecule has 1 heterocycles. The van der Waals surface area contributed by atoms with Crippen molar-refractivity contribution in [3.8, 4) is 0 Å². The van der Waals surface area contributed by atoms with Crippen LogP contribution in [0.25, 0.3) is 0 Å². The minimum atomic E-state index is -1.06. The zero-order valence-electron chi connectivity index (χ0n) is 10.6. The Bertz CT molecular complexity index is 360. The lowest BCUT2D eigenvalue weighted by molar-refractivity contribution is 0.0685. The Hall–Kier alpha value is -1.36. The molecule has 1 aromatic rings. The Balaban J connectivity index is 2.31. The normalized spacial score (nSPS) is 12.9. The topological polar surface area (TPSA) is 75.4 Å². The summed E-state index contributed by atoms with van der Waals surface area (Å²) in [6.07, 6.45) is 2.27. The van der Waals surface area contributed by atoms with E-state index in [1.807, 2.05) is 0 Å². The Morgan fingerprint density at radius 1 is 1.47 bits per heavy atom. The van der Waals surface area contributed by atoms with Crippen molar-refractivity contribution in [1.29, 1.82) is 0 Å². The van der Waals surface area contributed by atoms with Crippen LogP contribution in [-0.2, 0) is 6.54 Å². The molecule has 5 heteroatoms. The third-order valence-corrected chi connectivity index (χ3v) is 2.58. The van der Waals surface area contributed by atoms with Crippen LogP contribution in [-0.4, -0.2) is 22.3 Å². The first-order valence-corrected chi connectivity index (χ1v) is 5.91. The molecule has 0 aromatic carbocycles. The van der Waals surface area contributed by atoms with Gasteiger partial charge in [0.1, 0.15) is 0 Å². The van der Waals surface area contributed by atoms with Crippen molar-refractivity contribution in [2.45, 2.75) is 46.2 Å². The Labute approximate surface area is 101 Å². The number of nitrogens with zero attached hydrogens (tertiary/aromatic N) is 1. The molecule has 0 radical (unpaired) electrons. The highest BCUT2D eigenvalue weighted by molar-refractivity contribution is 5.85. The highest BCUT2D eigenvalue weighted by Gasteiger charge is 2.11. The number of rotatable bonds is 7. The monoisotopic (exact) mass is 240 g/mol. The van der Waals surface area contributed by atoms with E-state index in [0.29, 0.717) is 24.3 Å². The van der Waals surface area contributed by atoms with Gasteiger partial charge in [0.05, 0.1) is 6.54 Å². The second-order valence-corrected chi connectivity index (χ2v) is 4.74. The van der Waals surface area contributed by atoms with Gasteiger partial charge >= 0.3 is 5.97 Å². The highest BCUT2D eigenvalue weighted by atomic mass is 16.5. The van der Waals surface area contributed by atoms with E-state index in [4.69, 9.17) is 9.63 Å². The van der Waals surface area contributed by atoms with E-state index in [2.05, 4.69) is 31.2 Å². The maximum absolute atomic E-state index is 10.6. The van der Waals surface area contributed by atoms with Gasteiger partial charge in [-0.15, -0.1) is 0 Å². The molecular formula is C12H20N2O3. The third kappa shape index (κ3) is 4.99. The average Bonchev–Trinajstić information content (AvgIpc) is 2.72. The van der Waals surface area contributed by atoms with Gasteiger partial charge in [-0.3, -0.25) is 0 Å². The number of hydrogen-bond acceptors (Lipinski definition) is 4. The van der Waals surface area contributed by atoms with Crippen LogP contribution in [0.2, 0.25) is 0 Å². The number of aromatic nitrogens is 1. The van der Waals surface area contributed by atoms with E-state index < -0.39 is 5.97 Å². The number of nitrogens with one attached hydrogen (secondary N) is 1. The van der Waals surface area contributed by atoms with Crippen molar-refractivity contribution in [3.05, 3.63) is 17.5 Å². The van der Waals surface area contributed by atoms with Crippen LogP contribution < -0.4 is 5.32 Å². The van der Waals surface area contributed by atoms with Crippen molar-refractivity contribution in [3.63, 3.8) is 0 Å². The number of carboxylic acids is 1. The Morgan fingerprint density at radius 3 is 2.71 bits per heavy atom. The molecule has 2 N–H and O–H groups in total. The number of carboxylic acid groups (broad SMARTS) is 1. The van der Waals surface area contributed by atoms with Crippen molar-refractivity contribution in [1.82, 2.24) is 10.5 Å². The molecule has 1 rings (SSSR count). The van der Waals surface area contributed by atoms with Gasteiger partial charge in [-0.05, 0) is 25.7 Å². The first-order valence-electron chi connectivity index (χ1n) is 5.91. The van der Waals surface area contributed by atoms with E-state index in [1.54, 1.807) is 0 Å². The molecule has 0 aliphatic carbocycles. The molecule has 5 nitrogen and oxygen atoms in total. The summed E-state index contributed by atoms with van der Waals surface area (Å²) in [5.41, 5.74) is -0.0448. The molecule has 1 aromatic heterocycles. The maximum Gasteiger partial charge on any atom is 0.358 e. The van der Waals surface area contributed by atoms with Crippen molar-refractivity contribution in [2.75, 3.05) is 0 Å². The predicted octanol–water partition coefficient (Wildman–Crippen LogP) is 2.29. The van der Waals surface area contributed by atoms with Crippen LogP contribution in [0.1, 0.15) is 49.9 Å². The minimum absolute atomic E-state index is 0.0448. The van der Waals surface area contributed by atoms with E-state index in [-0.39, 0.29) is 5.69 Å². The van der Waals surface area contributed by atoms with Crippen LogP contribution in [0.15, 0.2) is 10.6 Å². The van der Waals surface area contributed by atoms with E-state index in [1.165, 1.54) is 12.5 Å². The minimum Gasteiger partial charge on any atom is -0.476 e. The van der Waals surface area contributed by atoms with Gasteiger partial charge in [0, 0.05) is 12.1 Å². The standard InChI is InChI=1S/C12H20N2O3/c1-8(2)4-5-9(3)13-7-10-6-11(12(15)16)14-17-10/h6,8-9,13H,4-5,7H2,1-3H3,(H,15,16). The lowest BCUT2D eigenvalue weighted by Crippen LogP contribution is -2.25. The molecule has 1 atom stereocenters. The lowest BCUT2D eigenvalue weighted by Gasteiger charge is -2.13. The summed E-state index contributed by atoms with van der Waals surface area (Å²) in [4.78, 5) is 10.6. The average molecular weight is 240 g/mol. The molecule has 0 amide bonds. The summed E-state index contributed by atoms with van der Waals surface area (Å²) in [5.74, 6) is 0.190. The molecule has 0 bridgehead atoms. The molecule has 0 saturated heterocycles. The van der Waals surface area contributed by atoms with Crippen molar-refractivity contribution < 1.29 is 14.4 Å². The van der Waals surface area contributed by atoms with Crippen LogP contribution in [0.3, 0.4) is 0 Å². The zero-order chi connectivity index (χ0) is 12.8. The molecular weight excluding hydrogens is 220 g/mol. The second kappa shape index (κ2) is 6.39. The lowest BCUT2D eigenvalue weighted by atomic mass is 10.0. The molecule has 96 valence electrons. The molecule has 1 unspecified atom stereocenters. The zero-order valence-corrected chi connectivity index (χ0v) is 10.6. The first-order chi connectivity index (χ1) is 7.99. The van der Waals surface area contributed by atoms with Crippen molar-refractivity contribution in [2.24, 2.45) is 5.92 Å². The molecule has 0 aliphatic rings. The number of hydrogen-bond donors (Lipinski definition) is 2. The summed E-state index contributed by atoms with van der Waals surface area (Å²) in [5, 5.41) is 15.4. The van der Waals surface area contributed by atoms with Gasteiger partial charge in [0.2, 0.25) is 0 Å². The van der Waals surface area contributed by atoms with Gasteiger partial charge in [-0.2, -0.15) is 0 Å². The number of aromatic carboxylic acids is 1. The van der Waals surface area contributed by atoms with Gasteiger partial charge in [0.15, 0.2) is 11.5 Å². The highest BCUT2D eigenvalue weighted by Crippen LogP contribution is 2.08. The summed E-state index contributed by atoms with van der Waals surface area (Å²) in [7, 11) is 0. The van der Waals surface area contributed by atoms with Crippen LogP contribution >= 0.6 is 0 Å². The fourth-order valence-corrected chi connectivity index (χ4v) is 1.46. The smallest absolute Gasteiger partial charge is 0.358 e. The predicted molar refractivity (Wildman–Crippen MR) is 63.8 cm³/mol. The van der Waals surface area contributed by atoms with Crippen LogP contribution in [0.5, 0.6) is 0 Å². The van der Waals surface area contributed by atoms with Gasteiger partial charge < -0.3 is 14.9 Å². The Morgan fingerprint density at radius 2 is 2.18 bits per heavy atom. The molecule has 17 heavy (non-hydrogen) atoms. The van der Waals surface area contributed by atoms with E-state index in [0.717, 1.165) is 6.42 Å². The third-order valence-electron chi connectivity index (χ3n) is 2.58. The second-order valence-electron chi connectivity index (χ2n) is 4.74. The van der Waals surface area contributed by atoms with Gasteiger partial charge in [0.25, 0.3) is 0 Å². The van der Waals surface area contributed by atoms with Crippen LogP contribution in [0, 0.1) is 5.92 Å². The SMILES string of the molecule is CC(C)CCC(C)NCc1cc(C(=O)O)no1. The quantitative estimate of drug-likeness (QED) is 0.764. The fraction of sp³-hybridized carbons (Fsp3) is 0.667. The first kappa shape index (κ1) is 13.7. The van der Waals surface area contributed by atoms with E-state index in [9.17, 15) is 4.79 Å². The summed E-state index contributed by atoms with van der Waals surface area (Å²) >= 11 is 0. The fourth-order valence-electron chi connectivity index (χ4n) is 1.46. The molecule has 0 fully saturated rings. The van der Waals surface area contributed by atoms with Gasteiger partial charge in [-0.1, -0.05) is 19.0 Å². The molecule has 0 spiro atoms. The number of carbonyl (C=O) groups is 1. The summed E-state index contributed by atoms with van der Waals surface area (Å²) in [6, 6.07) is 1.83. The van der Waals surface area contributed by atoms with Crippen molar-refractivity contribution >= 4 is 5.97 Å². The Kier molecular flexibility index (Phi) is 5.15.